The van der Waals surface area contributed by atoms with Gasteiger partial charge in [-0.1, -0.05) is 24.3 Å². The number of hydrogen-bond acceptors (Lipinski definition) is 3. The largest absolute Gasteiger partial charge is 0.497 e. The van der Waals surface area contributed by atoms with E-state index in [1.54, 1.807) is 19.2 Å². The molecule has 0 aliphatic carbocycles. The Kier molecular flexibility index (Phi) is 6.45. The van der Waals surface area contributed by atoms with Crippen LogP contribution in [0.1, 0.15) is 24.0 Å². The van der Waals surface area contributed by atoms with Crippen molar-refractivity contribution in [2.75, 3.05) is 27.2 Å². The fourth-order valence-corrected chi connectivity index (χ4v) is 3.62. The van der Waals surface area contributed by atoms with Gasteiger partial charge in [0.1, 0.15) is 11.6 Å². The van der Waals surface area contributed by atoms with Gasteiger partial charge >= 0.3 is 0 Å². The highest BCUT2D eigenvalue weighted by Crippen LogP contribution is 2.20. The highest BCUT2D eigenvalue weighted by molar-refractivity contribution is 5.79. The molecule has 1 aliphatic heterocycles. The maximum Gasteiger partial charge on any atom is 0.227 e. The monoisotopic (exact) mass is 370 g/mol. The Balaban J connectivity index is 1.76. The number of likely N-dealkylation sites (tertiary alicyclic amines) is 1. The first-order valence-electron chi connectivity index (χ1n) is 9.40. The quantitative estimate of drug-likeness (QED) is 0.780. The highest BCUT2D eigenvalue weighted by atomic mass is 19.1. The summed E-state index contributed by atoms with van der Waals surface area (Å²) in [6.45, 7) is 2.44. The third kappa shape index (κ3) is 5.30. The highest BCUT2D eigenvalue weighted by Gasteiger charge is 2.27. The third-order valence-electron chi connectivity index (χ3n) is 5.14. The fourth-order valence-electron chi connectivity index (χ4n) is 3.62. The Morgan fingerprint density at radius 2 is 1.81 bits per heavy atom. The molecule has 27 heavy (non-hydrogen) atoms. The molecular formula is C22H27FN2O2. The van der Waals surface area contributed by atoms with Crippen molar-refractivity contribution in [2.24, 2.45) is 0 Å². The van der Waals surface area contributed by atoms with Gasteiger partial charge in [0.05, 0.1) is 13.5 Å². The number of carbonyl (C=O) groups excluding carboxylic acids is 1. The molecule has 0 bridgehead atoms. The minimum Gasteiger partial charge on any atom is -0.497 e. The van der Waals surface area contributed by atoms with Crippen LogP contribution in [0, 0.1) is 5.82 Å². The molecule has 1 heterocycles. The van der Waals surface area contributed by atoms with Crippen molar-refractivity contribution in [3.05, 3.63) is 65.5 Å². The number of halogens is 1. The zero-order chi connectivity index (χ0) is 19.2. The van der Waals surface area contributed by atoms with Crippen LogP contribution in [-0.2, 0) is 17.8 Å². The van der Waals surface area contributed by atoms with Crippen LogP contribution < -0.4 is 4.74 Å². The number of piperidine rings is 1. The fraction of sp³-hybridized carbons (Fsp3) is 0.409. The molecule has 1 unspecified atom stereocenters. The molecule has 4 nitrogen and oxygen atoms in total. The maximum atomic E-state index is 13.2. The molecular weight excluding hydrogens is 343 g/mol. The van der Waals surface area contributed by atoms with Gasteiger partial charge in [-0.15, -0.1) is 0 Å². The van der Waals surface area contributed by atoms with E-state index in [1.165, 1.54) is 12.1 Å². The summed E-state index contributed by atoms with van der Waals surface area (Å²) < 4.78 is 18.4. The van der Waals surface area contributed by atoms with Crippen molar-refractivity contribution in [1.82, 2.24) is 9.80 Å². The van der Waals surface area contributed by atoms with Crippen LogP contribution in [0.2, 0.25) is 0 Å². The van der Waals surface area contributed by atoms with E-state index in [4.69, 9.17) is 4.74 Å². The second kappa shape index (κ2) is 9.00. The predicted octanol–water partition coefficient (Wildman–Crippen LogP) is 3.50. The van der Waals surface area contributed by atoms with E-state index in [1.807, 2.05) is 29.2 Å². The van der Waals surface area contributed by atoms with Crippen LogP contribution in [0.4, 0.5) is 4.39 Å². The molecule has 0 spiro atoms. The van der Waals surface area contributed by atoms with Crippen LogP contribution in [0.5, 0.6) is 5.75 Å². The number of carbonyl (C=O) groups is 1. The maximum absolute atomic E-state index is 13.2. The molecule has 0 radical (unpaired) electrons. The molecule has 1 saturated heterocycles. The summed E-state index contributed by atoms with van der Waals surface area (Å²) in [7, 11) is 3.72. The number of hydrogen-bond donors (Lipinski definition) is 0. The number of nitrogens with zero attached hydrogens (tertiary/aromatic N) is 2. The van der Waals surface area contributed by atoms with Gasteiger partial charge < -0.3 is 14.5 Å². The van der Waals surface area contributed by atoms with Crippen molar-refractivity contribution in [1.29, 1.82) is 0 Å². The average molecular weight is 370 g/mol. The van der Waals surface area contributed by atoms with Gasteiger partial charge in [-0.25, -0.2) is 4.39 Å². The van der Waals surface area contributed by atoms with Gasteiger partial charge in [-0.3, -0.25) is 4.79 Å². The number of benzene rings is 2. The van der Waals surface area contributed by atoms with Gasteiger partial charge in [-0.05, 0) is 61.8 Å². The molecule has 5 heteroatoms. The summed E-state index contributed by atoms with van der Waals surface area (Å²) in [6.07, 6.45) is 2.43. The van der Waals surface area contributed by atoms with Gasteiger partial charge in [0.2, 0.25) is 5.91 Å². The van der Waals surface area contributed by atoms with Crippen LogP contribution in [0.3, 0.4) is 0 Å². The number of rotatable bonds is 6. The summed E-state index contributed by atoms with van der Waals surface area (Å²) in [4.78, 5) is 17.4. The third-order valence-corrected chi connectivity index (χ3v) is 5.14. The topological polar surface area (TPSA) is 32.8 Å². The first-order valence-corrected chi connectivity index (χ1v) is 9.40. The van der Waals surface area contributed by atoms with E-state index in [0.717, 1.165) is 42.8 Å². The van der Waals surface area contributed by atoms with Gasteiger partial charge in [-0.2, -0.15) is 0 Å². The first kappa shape index (κ1) is 19.4. The summed E-state index contributed by atoms with van der Waals surface area (Å²) in [6, 6.07) is 14.2. The Bertz CT molecular complexity index is 746. The first-order chi connectivity index (χ1) is 13.0. The predicted molar refractivity (Wildman–Crippen MR) is 104 cm³/mol. The minimum atomic E-state index is -0.257. The smallest absolute Gasteiger partial charge is 0.227 e. The SMILES string of the molecule is COc1ccc(CC(=O)N(Cc2ccc(F)cc2)C2CCCN(C)C2)cc1. The summed E-state index contributed by atoms with van der Waals surface area (Å²) in [5.41, 5.74) is 1.92. The molecule has 0 N–H and O–H groups in total. The standard InChI is InChI=1S/C22H27FN2O2/c1-24-13-3-4-20(16-24)25(15-18-5-9-19(23)10-6-18)22(26)14-17-7-11-21(27-2)12-8-17/h5-12,20H,3-4,13-16H2,1-2H3. The number of methoxy groups -OCH3 is 1. The molecule has 3 rings (SSSR count). The van der Waals surface area contributed by atoms with Crippen molar-refractivity contribution < 1.29 is 13.9 Å². The molecule has 1 atom stereocenters. The summed E-state index contributed by atoms with van der Waals surface area (Å²) >= 11 is 0. The Morgan fingerprint density at radius 1 is 1.15 bits per heavy atom. The lowest BCUT2D eigenvalue weighted by molar-refractivity contribution is -0.134. The summed E-state index contributed by atoms with van der Waals surface area (Å²) in [5.74, 6) is 0.625. The second-order valence-electron chi connectivity index (χ2n) is 7.23. The lowest BCUT2D eigenvalue weighted by Gasteiger charge is -2.38. The van der Waals surface area contributed by atoms with E-state index < -0.39 is 0 Å². The number of likely N-dealkylation sites (N-methyl/N-ethyl adjacent to an activating group) is 1. The van der Waals surface area contributed by atoms with Crippen LogP contribution in [0.15, 0.2) is 48.5 Å². The van der Waals surface area contributed by atoms with Crippen LogP contribution >= 0.6 is 0 Å². The molecule has 1 amide bonds. The lowest BCUT2D eigenvalue weighted by atomic mass is 10.0. The van der Waals surface area contributed by atoms with E-state index in [-0.39, 0.29) is 17.8 Å². The Morgan fingerprint density at radius 3 is 2.44 bits per heavy atom. The van der Waals surface area contributed by atoms with Crippen molar-refractivity contribution in [3.63, 3.8) is 0 Å². The second-order valence-corrected chi connectivity index (χ2v) is 7.23. The van der Waals surface area contributed by atoms with Crippen molar-refractivity contribution in [3.8, 4) is 5.75 Å². The van der Waals surface area contributed by atoms with E-state index in [9.17, 15) is 9.18 Å². The lowest BCUT2D eigenvalue weighted by Crippen LogP contribution is -2.49. The van der Waals surface area contributed by atoms with Gasteiger partial charge in [0, 0.05) is 19.1 Å². The van der Waals surface area contributed by atoms with Gasteiger partial charge in [0.15, 0.2) is 0 Å². The molecule has 0 aromatic heterocycles. The normalized spacial score (nSPS) is 17.5. The molecule has 2 aromatic carbocycles. The van der Waals surface area contributed by atoms with Crippen LogP contribution in [0.25, 0.3) is 0 Å². The number of ether oxygens (including phenoxy) is 1. The van der Waals surface area contributed by atoms with Crippen LogP contribution in [-0.4, -0.2) is 49.0 Å². The van der Waals surface area contributed by atoms with Crippen molar-refractivity contribution in [2.45, 2.75) is 31.8 Å². The van der Waals surface area contributed by atoms with E-state index in [0.29, 0.717) is 13.0 Å². The number of amides is 1. The molecule has 144 valence electrons. The zero-order valence-corrected chi connectivity index (χ0v) is 16.0. The van der Waals surface area contributed by atoms with E-state index in [2.05, 4.69) is 11.9 Å². The molecule has 0 saturated carbocycles. The summed E-state index contributed by atoms with van der Waals surface area (Å²) in [5, 5.41) is 0. The minimum absolute atomic E-state index is 0.102. The zero-order valence-electron chi connectivity index (χ0n) is 16.0. The Hall–Kier alpha value is -2.40. The molecule has 1 fully saturated rings. The van der Waals surface area contributed by atoms with Gasteiger partial charge in [0.25, 0.3) is 0 Å². The Labute approximate surface area is 160 Å². The molecule has 2 aromatic rings. The molecule has 1 aliphatic rings. The van der Waals surface area contributed by atoms with E-state index >= 15 is 0 Å². The average Bonchev–Trinajstić information content (AvgIpc) is 2.68. The van der Waals surface area contributed by atoms with Crippen molar-refractivity contribution >= 4 is 5.91 Å².